The number of rotatable bonds is 2. The maximum Gasteiger partial charge on any atom is 0.410 e. The van der Waals surface area contributed by atoms with Crippen LogP contribution in [0.4, 0.5) is 4.79 Å². The third-order valence-electron chi connectivity index (χ3n) is 2.94. The Morgan fingerprint density at radius 3 is 2.33 bits per heavy atom. The van der Waals surface area contributed by atoms with Crippen molar-refractivity contribution in [3.63, 3.8) is 0 Å². The molecule has 5 heteroatoms. The maximum absolute atomic E-state index is 11.8. The van der Waals surface area contributed by atoms with Crippen molar-refractivity contribution < 1.29 is 14.3 Å². The van der Waals surface area contributed by atoms with Gasteiger partial charge in [0.05, 0.1) is 11.8 Å². The number of hydrogen-bond acceptors (Lipinski definition) is 4. The van der Waals surface area contributed by atoms with Gasteiger partial charge in [-0.3, -0.25) is 9.79 Å². The van der Waals surface area contributed by atoms with E-state index in [1.54, 1.807) is 4.90 Å². The maximum atomic E-state index is 11.8. The first-order valence-electron chi connectivity index (χ1n) is 6.23. The minimum atomic E-state index is -0.465. The third kappa shape index (κ3) is 4.47. The van der Waals surface area contributed by atoms with Crippen LogP contribution in [0.5, 0.6) is 0 Å². The van der Waals surface area contributed by atoms with Crippen LogP contribution in [0.25, 0.3) is 0 Å². The van der Waals surface area contributed by atoms with Crippen LogP contribution in [0.3, 0.4) is 0 Å². The average molecular weight is 254 g/mol. The molecule has 1 saturated heterocycles. The second kappa shape index (κ2) is 5.50. The first kappa shape index (κ1) is 14.7. The van der Waals surface area contributed by atoms with Gasteiger partial charge in [-0.2, -0.15) is 0 Å². The largest absolute Gasteiger partial charge is 0.444 e. The van der Waals surface area contributed by atoms with Gasteiger partial charge in [0.15, 0.2) is 6.29 Å². The summed E-state index contributed by atoms with van der Waals surface area (Å²) in [6.45, 7) is 8.79. The lowest BCUT2D eigenvalue weighted by molar-refractivity contribution is -0.102. The first-order valence-corrected chi connectivity index (χ1v) is 6.23. The van der Waals surface area contributed by atoms with Crippen molar-refractivity contribution in [3.8, 4) is 0 Å². The van der Waals surface area contributed by atoms with Crippen molar-refractivity contribution in [2.24, 2.45) is 4.99 Å². The fourth-order valence-corrected chi connectivity index (χ4v) is 1.84. The Kier molecular flexibility index (Phi) is 4.48. The number of likely N-dealkylation sites (tertiary alicyclic amines) is 1. The molecule has 0 aliphatic carbocycles. The molecular formula is C13H22N2O3. The van der Waals surface area contributed by atoms with Crippen molar-refractivity contribution >= 4 is 18.6 Å². The topological polar surface area (TPSA) is 59.0 Å². The highest BCUT2D eigenvalue weighted by Crippen LogP contribution is 2.26. The molecule has 5 nitrogen and oxygen atoms in total. The van der Waals surface area contributed by atoms with Crippen LogP contribution in [0.2, 0.25) is 0 Å². The van der Waals surface area contributed by atoms with E-state index in [0.29, 0.717) is 19.4 Å². The molecule has 0 radical (unpaired) electrons. The molecule has 18 heavy (non-hydrogen) atoms. The predicted molar refractivity (Wildman–Crippen MR) is 70.0 cm³/mol. The zero-order valence-corrected chi connectivity index (χ0v) is 11.6. The minimum Gasteiger partial charge on any atom is -0.444 e. The molecule has 0 unspecified atom stereocenters. The summed E-state index contributed by atoms with van der Waals surface area (Å²) in [5.41, 5.74) is -0.701. The summed E-state index contributed by atoms with van der Waals surface area (Å²) in [5.74, 6) is 0. The van der Waals surface area contributed by atoms with Crippen LogP contribution < -0.4 is 0 Å². The number of piperidine rings is 1. The molecule has 0 N–H and O–H groups in total. The van der Waals surface area contributed by atoms with Gasteiger partial charge in [0, 0.05) is 13.1 Å². The Morgan fingerprint density at radius 2 is 1.89 bits per heavy atom. The number of aliphatic imine (C=N–C) groups is 1. The summed E-state index contributed by atoms with van der Waals surface area (Å²) in [7, 11) is 0. The second-order valence-corrected chi connectivity index (χ2v) is 5.88. The van der Waals surface area contributed by atoms with Crippen LogP contribution in [0.15, 0.2) is 4.99 Å². The molecule has 1 heterocycles. The molecule has 0 aromatic carbocycles. The number of nitrogens with zero attached hydrogens (tertiary/aromatic N) is 2. The van der Waals surface area contributed by atoms with E-state index in [9.17, 15) is 9.59 Å². The molecule has 1 amide bonds. The Balaban J connectivity index is 2.51. The molecule has 1 aliphatic heterocycles. The van der Waals surface area contributed by atoms with E-state index in [4.69, 9.17) is 4.74 Å². The summed E-state index contributed by atoms with van der Waals surface area (Å²) in [4.78, 5) is 28.1. The summed E-state index contributed by atoms with van der Waals surface area (Å²) in [5, 5.41) is 0. The van der Waals surface area contributed by atoms with Crippen molar-refractivity contribution in [2.75, 3.05) is 13.1 Å². The third-order valence-corrected chi connectivity index (χ3v) is 2.94. The number of amides is 1. The van der Waals surface area contributed by atoms with Gasteiger partial charge in [-0.1, -0.05) is 0 Å². The van der Waals surface area contributed by atoms with Crippen LogP contribution in [-0.2, 0) is 9.53 Å². The standard InChI is InChI=1S/C13H22N2O3/c1-12(2,3)18-11(17)15-8-5-13(4,6-9-15)14-7-10-16/h7,10H,5-6,8-9H2,1-4H3. The van der Waals surface area contributed by atoms with Gasteiger partial charge in [0.25, 0.3) is 0 Å². The van der Waals surface area contributed by atoms with Crippen LogP contribution >= 0.6 is 0 Å². The fraction of sp³-hybridized carbons (Fsp3) is 0.769. The molecule has 0 aromatic heterocycles. The van der Waals surface area contributed by atoms with E-state index in [1.165, 1.54) is 6.21 Å². The van der Waals surface area contributed by atoms with E-state index in [2.05, 4.69) is 4.99 Å². The van der Waals surface area contributed by atoms with E-state index in [0.717, 1.165) is 12.8 Å². The first-order chi connectivity index (χ1) is 8.26. The van der Waals surface area contributed by atoms with E-state index in [-0.39, 0.29) is 11.6 Å². The van der Waals surface area contributed by atoms with E-state index in [1.807, 2.05) is 27.7 Å². The lowest BCUT2D eigenvalue weighted by atomic mass is 9.90. The molecule has 102 valence electrons. The molecule has 0 aromatic rings. The average Bonchev–Trinajstić information content (AvgIpc) is 2.25. The van der Waals surface area contributed by atoms with Crippen molar-refractivity contribution in [1.29, 1.82) is 0 Å². The van der Waals surface area contributed by atoms with Crippen LogP contribution in [0, 0.1) is 0 Å². The normalized spacial score (nSPS) is 19.9. The van der Waals surface area contributed by atoms with Crippen molar-refractivity contribution in [3.05, 3.63) is 0 Å². The SMILES string of the molecule is CC1(N=CC=O)CCN(C(=O)OC(C)(C)C)CC1. The quantitative estimate of drug-likeness (QED) is 0.559. The van der Waals surface area contributed by atoms with Crippen molar-refractivity contribution in [1.82, 2.24) is 4.90 Å². The molecule has 1 aliphatic rings. The van der Waals surface area contributed by atoms with Gasteiger partial charge in [-0.15, -0.1) is 0 Å². The zero-order valence-electron chi connectivity index (χ0n) is 11.6. The summed E-state index contributed by atoms with van der Waals surface area (Å²) >= 11 is 0. The second-order valence-electron chi connectivity index (χ2n) is 5.88. The molecule has 1 rings (SSSR count). The summed E-state index contributed by atoms with van der Waals surface area (Å²) in [6, 6.07) is 0. The number of carbonyl (C=O) groups is 2. The predicted octanol–water partition coefficient (Wildman–Crippen LogP) is 2.05. The smallest absolute Gasteiger partial charge is 0.410 e. The van der Waals surface area contributed by atoms with E-state index < -0.39 is 5.60 Å². The highest BCUT2D eigenvalue weighted by molar-refractivity contribution is 6.13. The van der Waals surface area contributed by atoms with E-state index >= 15 is 0 Å². The minimum absolute atomic E-state index is 0.237. The van der Waals surface area contributed by atoms with Gasteiger partial charge in [0.1, 0.15) is 5.60 Å². The number of aldehydes is 1. The molecule has 0 saturated carbocycles. The fourth-order valence-electron chi connectivity index (χ4n) is 1.84. The number of hydrogen-bond donors (Lipinski definition) is 0. The monoisotopic (exact) mass is 254 g/mol. The van der Waals surface area contributed by atoms with Gasteiger partial charge in [0.2, 0.25) is 0 Å². The van der Waals surface area contributed by atoms with Gasteiger partial charge >= 0.3 is 6.09 Å². The zero-order chi connectivity index (χ0) is 13.8. The molecule has 1 fully saturated rings. The van der Waals surface area contributed by atoms with Gasteiger partial charge in [-0.05, 0) is 40.5 Å². The van der Waals surface area contributed by atoms with Gasteiger partial charge in [-0.25, -0.2) is 4.79 Å². The molecule has 0 bridgehead atoms. The Bertz CT molecular complexity index is 337. The Hall–Kier alpha value is -1.39. The van der Waals surface area contributed by atoms with Gasteiger partial charge < -0.3 is 9.64 Å². The van der Waals surface area contributed by atoms with Crippen molar-refractivity contribution in [2.45, 2.75) is 51.7 Å². The highest BCUT2D eigenvalue weighted by atomic mass is 16.6. The Labute approximate surface area is 108 Å². The number of ether oxygens (including phenoxy) is 1. The molecule has 0 atom stereocenters. The lowest BCUT2D eigenvalue weighted by Crippen LogP contribution is -2.46. The van der Waals surface area contributed by atoms with Crippen LogP contribution in [-0.4, -0.2) is 47.7 Å². The lowest BCUT2D eigenvalue weighted by Gasteiger charge is -2.37. The number of carbonyl (C=O) groups excluding carboxylic acids is 2. The molecular weight excluding hydrogens is 232 g/mol. The summed E-state index contributed by atoms with van der Waals surface area (Å²) in [6.07, 6.45) is 3.20. The molecule has 0 spiro atoms. The summed E-state index contributed by atoms with van der Waals surface area (Å²) < 4.78 is 5.32. The highest BCUT2D eigenvalue weighted by Gasteiger charge is 2.32. The Morgan fingerprint density at radius 1 is 1.33 bits per heavy atom. The van der Waals surface area contributed by atoms with Crippen LogP contribution in [0.1, 0.15) is 40.5 Å².